The first kappa shape index (κ1) is 16.1. The zero-order chi connectivity index (χ0) is 16.8. The van der Waals surface area contributed by atoms with Crippen molar-refractivity contribution in [3.05, 3.63) is 35.9 Å². The van der Waals surface area contributed by atoms with Crippen LogP contribution in [0.4, 0.5) is 0 Å². The van der Waals surface area contributed by atoms with Gasteiger partial charge in [0, 0.05) is 27.1 Å². The average molecular weight is 330 g/mol. The van der Waals surface area contributed by atoms with Crippen LogP contribution in [0.25, 0.3) is 0 Å². The third kappa shape index (κ3) is 3.95. The number of hydrogen-bond donors (Lipinski definition) is 2. The zero-order valence-corrected chi connectivity index (χ0v) is 14.0. The van der Waals surface area contributed by atoms with Crippen molar-refractivity contribution in [3.8, 4) is 11.5 Å². The molecule has 0 atom stereocenters. The summed E-state index contributed by atoms with van der Waals surface area (Å²) in [6.45, 7) is 2.57. The molecule has 1 aliphatic rings. The van der Waals surface area contributed by atoms with Crippen molar-refractivity contribution in [1.82, 2.24) is 25.4 Å². The smallest absolute Gasteiger partial charge is 0.191 e. The molecular formula is C16H22N6O2. The highest BCUT2D eigenvalue weighted by Crippen LogP contribution is 2.30. The van der Waals surface area contributed by atoms with Gasteiger partial charge in [0.2, 0.25) is 0 Å². The van der Waals surface area contributed by atoms with Gasteiger partial charge in [-0.3, -0.25) is 9.67 Å². The Bertz CT molecular complexity index is 712. The summed E-state index contributed by atoms with van der Waals surface area (Å²) in [4.78, 5) is 8.39. The van der Waals surface area contributed by atoms with Gasteiger partial charge in [-0.05, 0) is 17.7 Å². The molecule has 1 aliphatic heterocycles. The van der Waals surface area contributed by atoms with Gasteiger partial charge in [0.05, 0.1) is 19.8 Å². The van der Waals surface area contributed by atoms with E-state index in [9.17, 15) is 0 Å². The molecule has 24 heavy (non-hydrogen) atoms. The van der Waals surface area contributed by atoms with E-state index in [1.807, 2.05) is 25.2 Å². The van der Waals surface area contributed by atoms with E-state index in [-0.39, 0.29) is 0 Å². The fourth-order valence-corrected chi connectivity index (χ4v) is 2.37. The summed E-state index contributed by atoms with van der Waals surface area (Å²) in [5.41, 5.74) is 1.10. The van der Waals surface area contributed by atoms with Gasteiger partial charge in [-0.2, -0.15) is 5.10 Å². The molecular weight excluding hydrogens is 308 g/mol. The van der Waals surface area contributed by atoms with E-state index < -0.39 is 0 Å². The zero-order valence-electron chi connectivity index (χ0n) is 14.0. The van der Waals surface area contributed by atoms with Gasteiger partial charge in [0.15, 0.2) is 17.5 Å². The first-order valence-electron chi connectivity index (χ1n) is 7.92. The van der Waals surface area contributed by atoms with E-state index in [2.05, 4.69) is 25.7 Å². The fraction of sp³-hybridized carbons (Fsp3) is 0.438. The fourth-order valence-electron chi connectivity index (χ4n) is 2.37. The minimum Gasteiger partial charge on any atom is -0.490 e. The van der Waals surface area contributed by atoms with Crippen LogP contribution in [0.3, 0.4) is 0 Å². The molecule has 1 aromatic carbocycles. The number of fused-ring (bicyclic) bond motifs is 1. The number of hydrogen-bond acceptors (Lipinski definition) is 5. The molecule has 2 N–H and O–H groups in total. The molecule has 128 valence electrons. The Labute approximate surface area is 140 Å². The van der Waals surface area contributed by atoms with Crippen LogP contribution in [0.15, 0.2) is 29.5 Å². The number of guanidine groups is 1. The van der Waals surface area contributed by atoms with Gasteiger partial charge in [-0.15, -0.1) is 0 Å². The summed E-state index contributed by atoms with van der Waals surface area (Å²) in [7, 11) is 3.60. The van der Waals surface area contributed by atoms with Gasteiger partial charge >= 0.3 is 0 Å². The molecule has 0 unspecified atom stereocenters. The Kier molecular flexibility index (Phi) is 5.15. The lowest BCUT2D eigenvalue weighted by Gasteiger charge is -2.13. The molecule has 2 aromatic rings. The second-order valence-electron chi connectivity index (χ2n) is 5.41. The number of aryl methyl sites for hydroxylation is 1. The lowest BCUT2D eigenvalue weighted by molar-refractivity contribution is 0.297. The van der Waals surface area contributed by atoms with Crippen LogP contribution in [-0.2, 0) is 20.1 Å². The van der Waals surface area contributed by atoms with E-state index in [4.69, 9.17) is 9.47 Å². The summed E-state index contributed by atoms with van der Waals surface area (Å²) in [5.74, 6) is 3.15. The molecule has 8 heteroatoms. The number of aromatic nitrogens is 3. The second-order valence-corrected chi connectivity index (χ2v) is 5.41. The average Bonchev–Trinajstić information content (AvgIpc) is 2.87. The maximum atomic E-state index is 5.72. The van der Waals surface area contributed by atoms with Crippen molar-refractivity contribution in [2.45, 2.75) is 19.5 Å². The van der Waals surface area contributed by atoms with Crippen LogP contribution in [0.2, 0.25) is 0 Å². The third-order valence-electron chi connectivity index (χ3n) is 3.71. The van der Waals surface area contributed by atoms with E-state index in [0.717, 1.165) is 29.3 Å². The van der Waals surface area contributed by atoms with Gasteiger partial charge in [-0.25, -0.2) is 4.98 Å². The number of rotatable bonds is 4. The topological polar surface area (TPSA) is 85.6 Å². The van der Waals surface area contributed by atoms with E-state index in [1.165, 1.54) is 6.33 Å². The van der Waals surface area contributed by atoms with Gasteiger partial charge in [0.25, 0.3) is 0 Å². The molecule has 1 aromatic heterocycles. The Balaban J connectivity index is 1.56. The molecule has 0 saturated heterocycles. The molecule has 0 saturated carbocycles. The molecule has 0 fully saturated rings. The molecule has 3 rings (SSSR count). The van der Waals surface area contributed by atoms with Crippen LogP contribution >= 0.6 is 0 Å². The molecule has 0 aliphatic carbocycles. The Morgan fingerprint density at radius 1 is 1.21 bits per heavy atom. The molecule has 2 heterocycles. The summed E-state index contributed by atoms with van der Waals surface area (Å²) < 4.78 is 13.1. The monoisotopic (exact) mass is 330 g/mol. The third-order valence-corrected chi connectivity index (χ3v) is 3.71. The second kappa shape index (κ2) is 7.67. The van der Waals surface area contributed by atoms with Gasteiger partial charge in [-0.1, -0.05) is 6.07 Å². The van der Waals surface area contributed by atoms with Gasteiger partial charge in [0.1, 0.15) is 12.2 Å². The highest BCUT2D eigenvalue weighted by molar-refractivity contribution is 5.79. The first-order chi connectivity index (χ1) is 11.8. The summed E-state index contributed by atoms with van der Waals surface area (Å²) in [5, 5.41) is 10.5. The number of ether oxygens (including phenoxy) is 2. The molecule has 0 bridgehead atoms. The van der Waals surface area contributed by atoms with Crippen molar-refractivity contribution in [2.24, 2.45) is 12.0 Å². The van der Waals surface area contributed by atoms with E-state index in [0.29, 0.717) is 32.3 Å². The minimum absolute atomic E-state index is 0.553. The van der Waals surface area contributed by atoms with Crippen molar-refractivity contribution in [2.75, 3.05) is 20.3 Å². The number of benzene rings is 1. The highest BCUT2D eigenvalue weighted by atomic mass is 16.5. The predicted molar refractivity (Wildman–Crippen MR) is 90.1 cm³/mol. The Morgan fingerprint density at radius 3 is 2.75 bits per heavy atom. The van der Waals surface area contributed by atoms with Crippen LogP contribution < -0.4 is 20.1 Å². The largest absolute Gasteiger partial charge is 0.490 e. The summed E-state index contributed by atoms with van der Waals surface area (Å²) in [6, 6.07) is 5.98. The van der Waals surface area contributed by atoms with Crippen LogP contribution in [-0.4, -0.2) is 41.0 Å². The molecule has 8 nitrogen and oxygen atoms in total. The number of aliphatic imine (C=N–C) groups is 1. The number of nitrogens with zero attached hydrogens (tertiary/aromatic N) is 4. The van der Waals surface area contributed by atoms with Crippen LogP contribution in [0.5, 0.6) is 11.5 Å². The lowest BCUT2D eigenvalue weighted by atomic mass is 10.2. The van der Waals surface area contributed by atoms with Crippen LogP contribution in [0.1, 0.15) is 17.8 Å². The number of nitrogens with one attached hydrogen (secondary N) is 2. The van der Waals surface area contributed by atoms with Crippen molar-refractivity contribution >= 4 is 5.96 Å². The highest BCUT2D eigenvalue weighted by Gasteiger charge is 2.11. The quantitative estimate of drug-likeness (QED) is 0.638. The Hall–Kier alpha value is -2.77. The molecule has 0 radical (unpaired) electrons. The minimum atomic E-state index is 0.553. The maximum Gasteiger partial charge on any atom is 0.191 e. The van der Waals surface area contributed by atoms with Gasteiger partial charge < -0.3 is 20.1 Å². The molecule has 0 amide bonds. The SMILES string of the molecule is CN=C(NCc1ccc2c(c1)OCCCO2)NCc1ncnn1C. The Morgan fingerprint density at radius 2 is 2.00 bits per heavy atom. The van der Waals surface area contributed by atoms with E-state index >= 15 is 0 Å². The lowest BCUT2D eigenvalue weighted by Crippen LogP contribution is -2.36. The van der Waals surface area contributed by atoms with Crippen LogP contribution in [0, 0.1) is 0 Å². The summed E-state index contributed by atoms with van der Waals surface area (Å²) in [6.07, 6.45) is 2.44. The van der Waals surface area contributed by atoms with Crippen molar-refractivity contribution in [3.63, 3.8) is 0 Å². The van der Waals surface area contributed by atoms with Crippen molar-refractivity contribution < 1.29 is 9.47 Å². The molecule has 0 spiro atoms. The summed E-state index contributed by atoms with van der Waals surface area (Å²) >= 11 is 0. The first-order valence-corrected chi connectivity index (χ1v) is 7.92. The predicted octanol–water partition coefficient (Wildman–Crippen LogP) is 0.842. The van der Waals surface area contributed by atoms with E-state index in [1.54, 1.807) is 11.7 Å². The normalized spacial score (nSPS) is 14.2. The standard InChI is InChI=1S/C16H22N6O2/c1-17-16(19-10-15-20-11-21-22(15)2)18-9-12-4-5-13-14(8-12)24-7-3-6-23-13/h4-5,8,11H,3,6-7,9-10H2,1-2H3,(H2,17,18,19). The van der Waals surface area contributed by atoms with Crippen molar-refractivity contribution in [1.29, 1.82) is 0 Å². The maximum absolute atomic E-state index is 5.72.